The van der Waals surface area contributed by atoms with Crippen molar-refractivity contribution in [2.75, 3.05) is 12.4 Å². The monoisotopic (exact) mass is 222 g/mol. The van der Waals surface area contributed by atoms with E-state index in [0.29, 0.717) is 6.61 Å². The summed E-state index contributed by atoms with van der Waals surface area (Å²) >= 11 is 0. The molecule has 1 atom stereocenters. The molecule has 0 N–H and O–H groups in total. The fourth-order valence-corrected chi connectivity index (χ4v) is 3.61. The van der Waals surface area contributed by atoms with Gasteiger partial charge in [0.1, 0.15) is 5.75 Å². The third-order valence-electron chi connectivity index (χ3n) is 3.55. The van der Waals surface area contributed by atoms with E-state index in [1.54, 1.807) is 0 Å². The van der Waals surface area contributed by atoms with E-state index in [1.165, 1.54) is 0 Å². The molecule has 1 saturated carbocycles. The largest absolute Gasteiger partial charge is 0.376 e. The Labute approximate surface area is 83.8 Å². The van der Waals surface area contributed by atoms with Crippen molar-refractivity contribution >= 4 is 10.2 Å². The molecule has 0 amide bonds. The molecule has 82 valence electrons. The van der Waals surface area contributed by atoms with E-state index in [-0.39, 0.29) is 5.41 Å². The molecule has 5 heteroatoms. The van der Waals surface area contributed by atoms with Crippen molar-refractivity contribution in [3.63, 3.8) is 0 Å². The highest BCUT2D eigenvalue weighted by atomic mass is 32.3. The molecule has 1 saturated heterocycles. The smallest absolute Gasteiger partial charge is 0.304 e. The zero-order valence-electron chi connectivity index (χ0n) is 8.04. The summed E-state index contributed by atoms with van der Waals surface area (Å²) in [6, 6.07) is 0. The molecular weight excluding hydrogens is 207 g/mol. The third kappa shape index (κ3) is 1.93. The van der Waals surface area contributed by atoms with Crippen molar-refractivity contribution in [1.29, 1.82) is 0 Å². The number of ether oxygens (including phenoxy) is 1. The van der Waals surface area contributed by atoms with Gasteiger partial charge in [-0.2, -0.15) is 8.42 Å². The molecule has 14 heavy (non-hydrogen) atoms. The van der Waals surface area contributed by atoms with E-state index in [2.05, 4.69) is 0 Å². The van der Waals surface area contributed by atoms with Gasteiger partial charge in [0.2, 0.25) is 0 Å². The normalized spacial score (nSPS) is 31.4. The van der Waals surface area contributed by atoms with E-state index >= 15 is 0 Å². The first-order valence-electron chi connectivity index (χ1n) is 5.06. The lowest BCUT2D eigenvalue weighted by atomic mass is 9.80. The molecule has 2 fully saturated rings. The van der Waals surface area contributed by atoms with Crippen LogP contribution >= 0.6 is 0 Å². The molecule has 0 bridgehead atoms. The Hall–Kier alpha value is -0.160. The van der Waals surface area contributed by atoms with Crippen molar-refractivity contribution in [1.82, 2.24) is 0 Å². The van der Waals surface area contributed by atoms with Gasteiger partial charge in [0.25, 0.3) is 0 Å². The lowest BCUT2D eigenvalue weighted by Gasteiger charge is -2.27. The first kappa shape index (κ1) is 10.4. The highest BCUT2D eigenvalue weighted by Gasteiger charge is 2.47. The molecule has 1 aliphatic heterocycles. The Kier molecular flexibility index (Phi) is 2.55. The van der Waals surface area contributed by atoms with Crippen molar-refractivity contribution < 1.29 is 17.0 Å². The van der Waals surface area contributed by atoms with Crippen molar-refractivity contribution in [3.8, 4) is 0 Å². The molecular formula is C9H15FO3S. The minimum absolute atomic E-state index is 0.0286. The van der Waals surface area contributed by atoms with Gasteiger partial charge < -0.3 is 4.74 Å². The summed E-state index contributed by atoms with van der Waals surface area (Å²) in [7, 11) is -4.40. The number of halogens is 1. The van der Waals surface area contributed by atoms with E-state index < -0.39 is 22.1 Å². The zero-order chi connectivity index (χ0) is 10.2. The summed E-state index contributed by atoms with van der Waals surface area (Å²) in [5.74, 6) is -0.451. The Morgan fingerprint density at radius 1 is 1.29 bits per heavy atom. The maximum atomic E-state index is 12.6. The molecule has 0 aromatic heterocycles. The molecule has 0 radical (unpaired) electrons. The van der Waals surface area contributed by atoms with Crippen LogP contribution in [0, 0.1) is 5.41 Å². The zero-order valence-corrected chi connectivity index (χ0v) is 8.85. The topological polar surface area (TPSA) is 43.4 Å². The van der Waals surface area contributed by atoms with Gasteiger partial charge in [0.05, 0.1) is 6.10 Å². The first-order valence-corrected chi connectivity index (χ1v) is 6.61. The molecule has 1 aliphatic carbocycles. The highest BCUT2D eigenvalue weighted by Crippen LogP contribution is 2.48. The lowest BCUT2D eigenvalue weighted by molar-refractivity contribution is 0.0684. The fourth-order valence-electron chi connectivity index (χ4n) is 2.80. The Morgan fingerprint density at radius 2 is 1.93 bits per heavy atom. The van der Waals surface area contributed by atoms with Crippen LogP contribution in [0.2, 0.25) is 0 Å². The van der Waals surface area contributed by atoms with Crippen molar-refractivity contribution in [3.05, 3.63) is 0 Å². The van der Waals surface area contributed by atoms with Crippen LogP contribution in [-0.2, 0) is 15.0 Å². The molecule has 1 spiro atoms. The Bertz CT molecular complexity index is 301. The van der Waals surface area contributed by atoms with Crippen molar-refractivity contribution in [2.24, 2.45) is 5.41 Å². The van der Waals surface area contributed by atoms with Gasteiger partial charge in [-0.25, -0.2) is 0 Å². The molecule has 1 heterocycles. The van der Waals surface area contributed by atoms with Crippen LogP contribution in [0.15, 0.2) is 0 Å². The fraction of sp³-hybridized carbons (Fsp3) is 1.00. The molecule has 2 rings (SSSR count). The van der Waals surface area contributed by atoms with E-state index in [9.17, 15) is 12.3 Å². The molecule has 3 nitrogen and oxygen atoms in total. The predicted molar refractivity (Wildman–Crippen MR) is 50.2 cm³/mol. The Morgan fingerprint density at radius 3 is 2.50 bits per heavy atom. The maximum absolute atomic E-state index is 12.6. The number of hydrogen-bond donors (Lipinski definition) is 0. The lowest BCUT2D eigenvalue weighted by Crippen LogP contribution is -2.33. The molecule has 1 unspecified atom stereocenters. The number of rotatable bonds is 2. The summed E-state index contributed by atoms with van der Waals surface area (Å²) in [6.45, 7) is 0.584. The van der Waals surface area contributed by atoms with Gasteiger partial charge in [-0.05, 0) is 24.7 Å². The summed E-state index contributed by atoms with van der Waals surface area (Å²) in [5, 5.41) is 0. The predicted octanol–water partition coefficient (Wildman–Crippen LogP) is 1.64. The van der Waals surface area contributed by atoms with Crippen LogP contribution in [0.25, 0.3) is 0 Å². The summed E-state index contributed by atoms with van der Waals surface area (Å²) in [6.07, 6.45) is 4.71. The second-order valence-electron chi connectivity index (χ2n) is 4.38. The molecule has 0 aromatic carbocycles. The quantitative estimate of drug-likeness (QED) is 0.667. The SMILES string of the molecule is O=S(=O)(F)CC1OCCC12CCCC2. The Balaban J connectivity index is 2.11. The van der Waals surface area contributed by atoms with E-state index in [4.69, 9.17) is 4.74 Å². The number of hydrogen-bond acceptors (Lipinski definition) is 3. The summed E-state index contributed by atoms with van der Waals surface area (Å²) in [5.41, 5.74) is -0.0286. The van der Waals surface area contributed by atoms with Gasteiger partial charge >= 0.3 is 10.2 Å². The van der Waals surface area contributed by atoms with Gasteiger partial charge in [0, 0.05) is 6.61 Å². The van der Waals surface area contributed by atoms with Crippen LogP contribution in [0.4, 0.5) is 3.89 Å². The maximum Gasteiger partial charge on any atom is 0.304 e. The summed E-state index contributed by atoms with van der Waals surface area (Å²) in [4.78, 5) is 0. The van der Waals surface area contributed by atoms with Crippen LogP contribution in [0.5, 0.6) is 0 Å². The van der Waals surface area contributed by atoms with Crippen molar-refractivity contribution in [2.45, 2.75) is 38.2 Å². The molecule has 0 aromatic rings. The highest BCUT2D eigenvalue weighted by molar-refractivity contribution is 7.86. The first-order chi connectivity index (χ1) is 6.52. The minimum atomic E-state index is -4.40. The molecule has 2 aliphatic rings. The van der Waals surface area contributed by atoms with Gasteiger partial charge in [-0.3, -0.25) is 0 Å². The van der Waals surface area contributed by atoms with E-state index in [1.807, 2.05) is 0 Å². The minimum Gasteiger partial charge on any atom is -0.376 e. The van der Waals surface area contributed by atoms with Crippen LogP contribution in [0.3, 0.4) is 0 Å². The van der Waals surface area contributed by atoms with Gasteiger partial charge in [-0.15, -0.1) is 3.89 Å². The second kappa shape index (κ2) is 3.45. The second-order valence-corrected chi connectivity index (χ2v) is 5.80. The van der Waals surface area contributed by atoms with Crippen LogP contribution < -0.4 is 0 Å². The average molecular weight is 222 g/mol. The van der Waals surface area contributed by atoms with Gasteiger partial charge in [-0.1, -0.05) is 12.8 Å². The van der Waals surface area contributed by atoms with Crippen LogP contribution in [0.1, 0.15) is 32.1 Å². The van der Waals surface area contributed by atoms with Gasteiger partial charge in [0.15, 0.2) is 0 Å². The average Bonchev–Trinajstić information content (AvgIpc) is 2.62. The summed E-state index contributed by atoms with van der Waals surface area (Å²) < 4.78 is 39.1. The third-order valence-corrected chi connectivity index (χ3v) is 4.25. The van der Waals surface area contributed by atoms with Crippen LogP contribution in [-0.4, -0.2) is 26.9 Å². The van der Waals surface area contributed by atoms with E-state index in [0.717, 1.165) is 32.1 Å². The standard InChI is InChI=1S/C9H15FO3S/c10-14(11,12)7-8-9(5-6-13-8)3-1-2-4-9/h8H,1-7H2.